The molecule has 142 valence electrons. The summed E-state index contributed by atoms with van der Waals surface area (Å²) in [4.78, 5) is 28.9. The number of rotatable bonds is 3. The first kappa shape index (κ1) is 18.2. The molecule has 1 aliphatic rings. The molecule has 3 aromatic rings. The zero-order valence-electron chi connectivity index (χ0n) is 16.3. The third-order valence-electron chi connectivity index (χ3n) is 5.51. The molecule has 5 heteroatoms. The maximum atomic E-state index is 12.4. The number of carbonyl (C=O) groups excluding carboxylic acids is 2. The lowest BCUT2D eigenvalue weighted by molar-refractivity contribution is -0.120. The van der Waals surface area contributed by atoms with Crippen molar-refractivity contribution in [2.24, 2.45) is 0 Å². The van der Waals surface area contributed by atoms with E-state index in [1.54, 1.807) is 12.1 Å². The quantitative estimate of drug-likeness (QED) is 0.739. The van der Waals surface area contributed by atoms with E-state index >= 15 is 0 Å². The van der Waals surface area contributed by atoms with E-state index in [0.29, 0.717) is 18.5 Å². The summed E-state index contributed by atoms with van der Waals surface area (Å²) in [5, 5.41) is 6.67. The number of nitrogens with zero attached hydrogens (tertiary/aromatic N) is 1. The van der Waals surface area contributed by atoms with Crippen molar-refractivity contribution in [2.75, 3.05) is 6.54 Å². The Bertz CT molecular complexity index is 1090. The van der Waals surface area contributed by atoms with Crippen LogP contribution in [0, 0.1) is 20.8 Å². The zero-order valence-corrected chi connectivity index (χ0v) is 16.3. The summed E-state index contributed by atoms with van der Waals surface area (Å²) in [6.07, 6.45) is 0.627. The first-order chi connectivity index (χ1) is 13.4. The number of aryl methyl sites for hydroxylation is 3. The lowest BCUT2D eigenvalue weighted by Crippen LogP contribution is -2.40. The van der Waals surface area contributed by atoms with E-state index in [0.717, 1.165) is 22.2 Å². The standard InChI is InChI=1S/C23H23N3O2/c1-13-4-9-18-14(2)12-20(25-21(18)15(13)3)16-5-7-17(8-6-16)22(27)26-19-10-11-24-23(19)28/h4-9,12,19H,10-11H2,1-3H3,(H,24,28)(H,26,27)/t19-/m1/s1. The third-order valence-corrected chi connectivity index (χ3v) is 5.51. The molecular formula is C23H23N3O2. The van der Waals surface area contributed by atoms with Crippen LogP contribution in [0.1, 0.15) is 33.5 Å². The number of amides is 2. The highest BCUT2D eigenvalue weighted by Crippen LogP contribution is 2.28. The molecule has 0 saturated carbocycles. The van der Waals surface area contributed by atoms with Gasteiger partial charge in [0.1, 0.15) is 6.04 Å². The van der Waals surface area contributed by atoms with Crippen LogP contribution in [0.3, 0.4) is 0 Å². The van der Waals surface area contributed by atoms with E-state index in [1.165, 1.54) is 16.7 Å². The van der Waals surface area contributed by atoms with E-state index in [9.17, 15) is 9.59 Å². The Balaban J connectivity index is 1.62. The largest absolute Gasteiger partial charge is 0.354 e. The molecule has 0 radical (unpaired) electrons. The van der Waals surface area contributed by atoms with Gasteiger partial charge in [0.25, 0.3) is 5.91 Å². The van der Waals surface area contributed by atoms with Gasteiger partial charge in [-0.15, -0.1) is 0 Å². The molecule has 5 nitrogen and oxygen atoms in total. The Labute approximate surface area is 164 Å². The van der Waals surface area contributed by atoms with Gasteiger partial charge in [-0.1, -0.05) is 24.3 Å². The van der Waals surface area contributed by atoms with Crippen molar-refractivity contribution >= 4 is 22.7 Å². The maximum Gasteiger partial charge on any atom is 0.251 e. The van der Waals surface area contributed by atoms with Gasteiger partial charge in [0.05, 0.1) is 11.2 Å². The molecule has 0 unspecified atom stereocenters. The number of fused-ring (bicyclic) bond motifs is 1. The second-order valence-electron chi connectivity index (χ2n) is 7.41. The average molecular weight is 373 g/mol. The van der Waals surface area contributed by atoms with Crippen molar-refractivity contribution in [3.05, 3.63) is 64.7 Å². The van der Waals surface area contributed by atoms with Gasteiger partial charge in [0, 0.05) is 23.1 Å². The molecular weight excluding hydrogens is 350 g/mol. The van der Waals surface area contributed by atoms with Crippen LogP contribution < -0.4 is 10.6 Å². The van der Waals surface area contributed by atoms with Gasteiger partial charge in [-0.2, -0.15) is 0 Å². The number of nitrogens with one attached hydrogen (secondary N) is 2. The monoisotopic (exact) mass is 373 g/mol. The van der Waals surface area contributed by atoms with E-state index in [4.69, 9.17) is 4.98 Å². The summed E-state index contributed by atoms with van der Waals surface area (Å²) in [5.41, 5.74) is 6.99. The third kappa shape index (κ3) is 3.24. The lowest BCUT2D eigenvalue weighted by atomic mass is 9.99. The van der Waals surface area contributed by atoms with Crippen LogP contribution in [-0.4, -0.2) is 29.4 Å². The molecule has 2 heterocycles. The number of hydrogen-bond acceptors (Lipinski definition) is 3. The summed E-state index contributed by atoms with van der Waals surface area (Å²) in [5.74, 6) is -0.353. The summed E-state index contributed by atoms with van der Waals surface area (Å²) >= 11 is 0. The molecule has 1 fully saturated rings. The van der Waals surface area contributed by atoms with E-state index in [-0.39, 0.29) is 11.8 Å². The Morgan fingerprint density at radius 2 is 1.82 bits per heavy atom. The van der Waals surface area contributed by atoms with E-state index < -0.39 is 6.04 Å². The van der Waals surface area contributed by atoms with Crippen molar-refractivity contribution in [3.8, 4) is 11.3 Å². The predicted octanol–water partition coefficient (Wildman–Crippen LogP) is 3.45. The number of hydrogen-bond donors (Lipinski definition) is 2. The minimum Gasteiger partial charge on any atom is -0.354 e. The minimum absolute atomic E-state index is 0.119. The van der Waals surface area contributed by atoms with Crippen LogP contribution >= 0.6 is 0 Å². The second-order valence-corrected chi connectivity index (χ2v) is 7.41. The highest BCUT2D eigenvalue weighted by atomic mass is 16.2. The molecule has 2 amide bonds. The van der Waals surface area contributed by atoms with Crippen molar-refractivity contribution in [3.63, 3.8) is 0 Å². The molecule has 1 saturated heterocycles. The molecule has 1 aliphatic heterocycles. The van der Waals surface area contributed by atoms with Crippen LogP contribution in [0.4, 0.5) is 0 Å². The molecule has 0 spiro atoms. The zero-order chi connectivity index (χ0) is 19.8. The molecule has 4 rings (SSSR count). The Morgan fingerprint density at radius 3 is 2.50 bits per heavy atom. The van der Waals surface area contributed by atoms with Crippen molar-refractivity contribution < 1.29 is 9.59 Å². The van der Waals surface area contributed by atoms with Crippen molar-refractivity contribution in [1.29, 1.82) is 0 Å². The Kier molecular flexibility index (Phi) is 4.59. The maximum absolute atomic E-state index is 12.4. The fourth-order valence-corrected chi connectivity index (χ4v) is 3.61. The Morgan fingerprint density at radius 1 is 1.07 bits per heavy atom. The topological polar surface area (TPSA) is 71.1 Å². The van der Waals surface area contributed by atoms with Crippen LogP contribution in [0.15, 0.2) is 42.5 Å². The fraction of sp³-hybridized carbons (Fsp3) is 0.261. The van der Waals surface area contributed by atoms with E-state index in [1.807, 2.05) is 12.1 Å². The SMILES string of the molecule is Cc1ccc2c(C)cc(-c3ccc(C(=O)N[C@@H]4CCNC4=O)cc3)nc2c1C. The van der Waals surface area contributed by atoms with Gasteiger partial charge < -0.3 is 10.6 Å². The van der Waals surface area contributed by atoms with Gasteiger partial charge in [0.15, 0.2) is 0 Å². The number of aromatic nitrogens is 1. The van der Waals surface area contributed by atoms with Gasteiger partial charge in [-0.05, 0) is 62.1 Å². The summed E-state index contributed by atoms with van der Waals surface area (Å²) in [6, 6.07) is 13.3. The first-order valence-electron chi connectivity index (χ1n) is 9.50. The van der Waals surface area contributed by atoms with Gasteiger partial charge >= 0.3 is 0 Å². The van der Waals surface area contributed by atoms with Crippen molar-refractivity contribution in [1.82, 2.24) is 15.6 Å². The van der Waals surface area contributed by atoms with Gasteiger partial charge in [-0.25, -0.2) is 4.98 Å². The average Bonchev–Trinajstić information content (AvgIpc) is 3.09. The number of pyridine rings is 1. The summed E-state index contributed by atoms with van der Waals surface area (Å²) in [6.45, 7) is 6.89. The summed E-state index contributed by atoms with van der Waals surface area (Å²) in [7, 11) is 0. The molecule has 2 aromatic carbocycles. The van der Waals surface area contributed by atoms with Crippen LogP contribution in [0.2, 0.25) is 0 Å². The number of benzene rings is 2. The van der Waals surface area contributed by atoms with Crippen LogP contribution in [-0.2, 0) is 4.79 Å². The second kappa shape index (κ2) is 7.08. The summed E-state index contributed by atoms with van der Waals surface area (Å²) < 4.78 is 0. The highest BCUT2D eigenvalue weighted by molar-refractivity contribution is 5.98. The molecule has 0 bridgehead atoms. The normalized spacial score (nSPS) is 16.2. The van der Waals surface area contributed by atoms with Crippen LogP contribution in [0.25, 0.3) is 22.2 Å². The molecule has 0 aliphatic carbocycles. The number of carbonyl (C=O) groups is 2. The van der Waals surface area contributed by atoms with Crippen LogP contribution in [0.5, 0.6) is 0 Å². The molecule has 28 heavy (non-hydrogen) atoms. The minimum atomic E-state index is -0.441. The van der Waals surface area contributed by atoms with Crippen molar-refractivity contribution in [2.45, 2.75) is 33.2 Å². The molecule has 1 aromatic heterocycles. The van der Waals surface area contributed by atoms with Gasteiger partial charge in [-0.3, -0.25) is 9.59 Å². The fourth-order valence-electron chi connectivity index (χ4n) is 3.61. The van der Waals surface area contributed by atoms with Gasteiger partial charge in [0.2, 0.25) is 5.91 Å². The Hall–Kier alpha value is -3.21. The predicted molar refractivity (Wildman–Crippen MR) is 110 cm³/mol. The lowest BCUT2D eigenvalue weighted by Gasteiger charge is -2.12. The first-order valence-corrected chi connectivity index (χ1v) is 9.50. The molecule has 1 atom stereocenters. The smallest absolute Gasteiger partial charge is 0.251 e. The van der Waals surface area contributed by atoms with E-state index in [2.05, 4.69) is 49.6 Å². The molecule has 2 N–H and O–H groups in total. The highest BCUT2D eigenvalue weighted by Gasteiger charge is 2.25.